The fourth-order valence-electron chi connectivity index (χ4n) is 2.47. The first-order chi connectivity index (χ1) is 8.75. The average Bonchev–Trinajstić information content (AvgIpc) is 2.44. The third-order valence-corrected chi connectivity index (χ3v) is 3.62. The molecule has 98 valence electrons. The molecule has 1 N–H and O–H groups in total. The molecule has 3 rings (SSSR count). The predicted octanol–water partition coefficient (Wildman–Crippen LogP) is 1.50. The highest BCUT2D eigenvalue weighted by Crippen LogP contribution is 2.33. The van der Waals surface area contributed by atoms with Crippen LogP contribution in [0.3, 0.4) is 0 Å². The van der Waals surface area contributed by atoms with Gasteiger partial charge in [-0.1, -0.05) is 37.3 Å². The Morgan fingerprint density at radius 1 is 1.11 bits per heavy atom. The van der Waals surface area contributed by atoms with Crippen molar-refractivity contribution in [1.29, 1.82) is 0 Å². The fourth-order valence-corrected chi connectivity index (χ4v) is 2.47. The molecule has 2 heterocycles. The number of aliphatic hydroxyl groups is 1. The fraction of sp³-hybridized carbons (Fsp3) is 0.571. The van der Waals surface area contributed by atoms with Crippen molar-refractivity contribution < 1.29 is 19.3 Å². The molecular formula is C14H18O4. The van der Waals surface area contributed by atoms with Gasteiger partial charge in [0, 0.05) is 11.5 Å². The summed E-state index contributed by atoms with van der Waals surface area (Å²) in [5, 5.41) is 10.2. The highest BCUT2D eigenvalue weighted by Gasteiger charge is 2.43. The molecule has 4 heteroatoms. The number of aliphatic hydroxyl groups excluding tert-OH is 1. The van der Waals surface area contributed by atoms with Crippen LogP contribution in [0.1, 0.15) is 18.8 Å². The second-order valence-electron chi connectivity index (χ2n) is 5.02. The van der Waals surface area contributed by atoms with Crippen LogP contribution in [0, 0.1) is 5.92 Å². The van der Waals surface area contributed by atoms with Gasteiger partial charge in [0.05, 0.1) is 19.3 Å². The van der Waals surface area contributed by atoms with E-state index in [0.717, 1.165) is 5.56 Å². The van der Waals surface area contributed by atoms with Gasteiger partial charge in [0.2, 0.25) is 0 Å². The van der Waals surface area contributed by atoms with Crippen molar-refractivity contribution >= 4 is 0 Å². The highest BCUT2D eigenvalue weighted by atomic mass is 16.7. The van der Waals surface area contributed by atoms with Crippen LogP contribution in [0.15, 0.2) is 30.3 Å². The van der Waals surface area contributed by atoms with E-state index in [4.69, 9.17) is 14.2 Å². The van der Waals surface area contributed by atoms with Gasteiger partial charge in [-0.3, -0.25) is 0 Å². The Morgan fingerprint density at radius 2 is 1.89 bits per heavy atom. The van der Waals surface area contributed by atoms with Gasteiger partial charge in [0.1, 0.15) is 12.2 Å². The number of fused-ring (bicyclic) bond motifs is 1. The first-order valence-corrected chi connectivity index (χ1v) is 6.37. The van der Waals surface area contributed by atoms with Crippen molar-refractivity contribution in [3.8, 4) is 0 Å². The van der Waals surface area contributed by atoms with Crippen LogP contribution < -0.4 is 0 Å². The summed E-state index contributed by atoms with van der Waals surface area (Å²) in [5.74, 6) is 0.0979. The minimum atomic E-state index is -0.487. The molecule has 1 aromatic carbocycles. The van der Waals surface area contributed by atoms with E-state index in [1.54, 1.807) is 0 Å². The summed E-state index contributed by atoms with van der Waals surface area (Å²) in [7, 11) is 0. The largest absolute Gasteiger partial charge is 0.390 e. The topological polar surface area (TPSA) is 47.9 Å². The summed E-state index contributed by atoms with van der Waals surface area (Å²) in [6, 6.07) is 9.78. The van der Waals surface area contributed by atoms with E-state index in [0.29, 0.717) is 13.2 Å². The van der Waals surface area contributed by atoms with E-state index in [2.05, 4.69) is 0 Å². The van der Waals surface area contributed by atoms with Crippen LogP contribution in [0.5, 0.6) is 0 Å². The minimum absolute atomic E-state index is 0.0979. The molecule has 0 amide bonds. The molecule has 2 saturated heterocycles. The van der Waals surface area contributed by atoms with Gasteiger partial charge in [-0.05, 0) is 0 Å². The summed E-state index contributed by atoms with van der Waals surface area (Å²) < 4.78 is 17.2. The maximum Gasteiger partial charge on any atom is 0.184 e. The van der Waals surface area contributed by atoms with Crippen LogP contribution >= 0.6 is 0 Å². The number of ether oxygens (including phenoxy) is 3. The first kappa shape index (κ1) is 12.1. The Morgan fingerprint density at radius 3 is 2.67 bits per heavy atom. The second kappa shape index (κ2) is 4.97. The second-order valence-corrected chi connectivity index (χ2v) is 5.02. The lowest BCUT2D eigenvalue weighted by Crippen LogP contribution is -2.55. The monoisotopic (exact) mass is 250 g/mol. The lowest BCUT2D eigenvalue weighted by molar-refractivity contribution is -0.307. The molecule has 4 nitrogen and oxygen atoms in total. The van der Waals surface area contributed by atoms with Crippen molar-refractivity contribution in [3.63, 3.8) is 0 Å². The molecule has 18 heavy (non-hydrogen) atoms. The average molecular weight is 250 g/mol. The van der Waals surface area contributed by atoms with E-state index in [-0.39, 0.29) is 18.1 Å². The Bertz CT molecular complexity index is 392. The quantitative estimate of drug-likeness (QED) is 0.820. The molecule has 0 aromatic heterocycles. The van der Waals surface area contributed by atoms with Gasteiger partial charge in [0.15, 0.2) is 6.29 Å². The van der Waals surface area contributed by atoms with Crippen LogP contribution in [0.25, 0.3) is 0 Å². The Kier molecular flexibility index (Phi) is 3.35. The van der Waals surface area contributed by atoms with Crippen LogP contribution in [-0.4, -0.2) is 36.6 Å². The number of rotatable bonds is 1. The summed E-state index contributed by atoms with van der Waals surface area (Å²) in [4.78, 5) is 0. The summed E-state index contributed by atoms with van der Waals surface area (Å²) in [5.41, 5.74) is 0.973. The molecule has 0 bridgehead atoms. The molecule has 0 aliphatic carbocycles. The molecule has 0 saturated carbocycles. The van der Waals surface area contributed by atoms with Gasteiger partial charge in [-0.25, -0.2) is 0 Å². The number of hydrogen-bond donors (Lipinski definition) is 1. The van der Waals surface area contributed by atoms with Crippen molar-refractivity contribution in [1.82, 2.24) is 0 Å². The first-order valence-electron chi connectivity index (χ1n) is 6.37. The van der Waals surface area contributed by atoms with Crippen LogP contribution in [0.4, 0.5) is 0 Å². The molecule has 0 radical (unpaired) electrons. The maximum absolute atomic E-state index is 10.2. The van der Waals surface area contributed by atoms with E-state index in [1.807, 2.05) is 37.3 Å². The zero-order chi connectivity index (χ0) is 12.5. The van der Waals surface area contributed by atoms with E-state index in [1.165, 1.54) is 0 Å². The van der Waals surface area contributed by atoms with E-state index < -0.39 is 12.4 Å². The van der Waals surface area contributed by atoms with Crippen molar-refractivity contribution in [2.24, 2.45) is 5.92 Å². The van der Waals surface area contributed by atoms with Gasteiger partial charge < -0.3 is 19.3 Å². The lowest BCUT2D eigenvalue weighted by atomic mass is 9.93. The Balaban J connectivity index is 1.75. The zero-order valence-electron chi connectivity index (χ0n) is 10.4. The maximum atomic E-state index is 10.2. The molecule has 2 aliphatic heterocycles. The minimum Gasteiger partial charge on any atom is -0.390 e. The molecule has 2 fully saturated rings. The summed E-state index contributed by atoms with van der Waals surface area (Å²) in [6.07, 6.45) is -1.35. The normalized spacial score (nSPS) is 40.2. The van der Waals surface area contributed by atoms with Gasteiger partial charge in [-0.2, -0.15) is 0 Å². The van der Waals surface area contributed by atoms with E-state index >= 15 is 0 Å². The molecule has 0 spiro atoms. The molecule has 2 aliphatic rings. The smallest absolute Gasteiger partial charge is 0.184 e. The van der Waals surface area contributed by atoms with Crippen molar-refractivity contribution in [3.05, 3.63) is 35.9 Å². The standard InChI is InChI=1S/C14H18O4/c1-9-7-16-11-8-17-14(18-13(11)12(9)15)10-5-3-2-4-6-10/h2-6,9,11-15H,7-8H2,1H3/t9-,11-,12+,13?,14-/m1/s1. The number of benzene rings is 1. The summed E-state index contributed by atoms with van der Waals surface area (Å²) in [6.45, 7) is 3.00. The molecule has 5 atom stereocenters. The SMILES string of the molecule is C[C@@H]1CO[C@@H]2CO[C@@H](c3ccccc3)OC2[C@H]1O. The predicted molar refractivity (Wildman–Crippen MR) is 64.9 cm³/mol. The highest BCUT2D eigenvalue weighted by molar-refractivity contribution is 5.16. The molecular weight excluding hydrogens is 232 g/mol. The van der Waals surface area contributed by atoms with Crippen LogP contribution in [-0.2, 0) is 14.2 Å². The van der Waals surface area contributed by atoms with Gasteiger partial charge in [-0.15, -0.1) is 0 Å². The van der Waals surface area contributed by atoms with Gasteiger partial charge in [0.25, 0.3) is 0 Å². The van der Waals surface area contributed by atoms with Crippen LogP contribution in [0.2, 0.25) is 0 Å². The van der Waals surface area contributed by atoms with Crippen molar-refractivity contribution in [2.45, 2.75) is 31.5 Å². The van der Waals surface area contributed by atoms with Gasteiger partial charge >= 0.3 is 0 Å². The zero-order valence-corrected chi connectivity index (χ0v) is 10.4. The summed E-state index contributed by atoms with van der Waals surface area (Å²) >= 11 is 0. The van der Waals surface area contributed by atoms with E-state index in [9.17, 15) is 5.11 Å². The van der Waals surface area contributed by atoms with Crippen molar-refractivity contribution in [2.75, 3.05) is 13.2 Å². The number of hydrogen-bond acceptors (Lipinski definition) is 4. The third kappa shape index (κ3) is 2.17. The molecule has 1 unspecified atom stereocenters. The Hall–Kier alpha value is -0.940. The lowest BCUT2D eigenvalue weighted by Gasteiger charge is -2.44. The third-order valence-electron chi connectivity index (χ3n) is 3.62. The molecule has 1 aromatic rings. The Labute approximate surface area is 106 Å².